The third-order valence-corrected chi connectivity index (χ3v) is 3.81. The van der Waals surface area contributed by atoms with E-state index in [4.69, 9.17) is 10.5 Å². The quantitative estimate of drug-likeness (QED) is 0.460. The van der Waals surface area contributed by atoms with E-state index in [2.05, 4.69) is 13.8 Å². The molecule has 0 spiro atoms. The van der Waals surface area contributed by atoms with Gasteiger partial charge in [-0.25, -0.2) is 4.79 Å². The summed E-state index contributed by atoms with van der Waals surface area (Å²) in [4.78, 5) is 12.6. The van der Waals surface area contributed by atoms with Crippen LogP contribution >= 0.6 is 11.8 Å². The first-order valence-electron chi connectivity index (χ1n) is 6.77. The molecule has 3 N–H and O–H groups in total. The minimum Gasteiger partial charge on any atom is -0.445 e. The Balaban J connectivity index is 2.75. The van der Waals surface area contributed by atoms with Crippen LogP contribution in [0.5, 0.6) is 0 Å². The molecule has 0 aliphatic rings. The van der Waals surface area contributed by atoms with E-state index in [0.29, 0.717) is 11.5 Å². The van der Waals surface area contributed by atoms with Crippen LogP contribution in [-0.4, -0.2) is 23.1 Å². The Morgan fingerprint density at radius 3 is 2.60 bits per heavy atom. The van der Waals surface area contributed by atoms with Crippen LogP contribution in [0, 0.1) is 5.92 Å². The molecule has 0 fully saturated rings. The molecule has 1 aromatic carbocycles. The molecule has 4 nitrogen and oxygen atoms in total. The third-order valence-electron chi connectivity index (χ3n) is 2.69. The summed E-state index contributed by atoms with van der Waals surface area (Å²) in [5.74, 6) is 0.864. The standard InChI is InChI=1S/C15H23NO3S/c1-10(2)8-9-20-13-7-5-4-6-12(13)14(17)15(18)19-11(3)16/h4-7,10-11,14,17H,8-9,16H2,1-3H3/t11?,14-/m1/s1. The van der Waals surface area contributed by atoms with E-state index in [1.807, 2.05) is 12.1 Å². The second kappa shape index (κ2) is 8.29. The van der Waals surface area contributed by atoms with Gasteiger partial charge in [-0.2, -0.15) is 0 Å². The second-order valence-electron chi connectivity index (χ2n) is 5.11. The highest BCUT2D eigenvalue weighted by molar-refractivity contribution is 7.99. The molecule has 0 aromatic heterocycles. The highest BCUT2D eigenvalue weighted by atomic mass is 32.2. The fraction of sp³-hybridized carbons (Fsp3) is 0.533. The number of aliphatic hydroxyl groups excluding tert-OH is 1. The molecule has 1 rings (SSSR count). The number of ether oxygens (including phenoxy) is 1. The molecule has 1 aromatic rings. The Labute approximate surface area is 124 Å². The van der Waals surface area contributed by atoms with Crippen molar-refractivity contribution in [2.45, 2.75) is 44.4 Å². The lowest BCUT2D eigenvalue weighted by Gasteiger charge is -2.16. The Hall–Kier alpha value is -1.04. The van der Waals surface area contributed by atoms with Crippen molar-refractivity contribution in [1.29, 1.82) is 0 Å². The normalized spacial score (nSPS) is 14.1. The van der Waals surface area contributed by atoms with Gasteiger partial charge >= 0.3 is 5.97 Å². The van der Waals surface area contributed by atoms with E-state index in [1.165, 1.54) is 0 Å². The van der Waals surface area contributed by atoms with Gasteiger partial charge in [-0.3, -0.25) is 5.73 Å². The molecule has 0 saturated heterocycles. The second-order valence-corrected chi connectivity index (χ2v) is 6.25. The topological polar surface area (TPSA) is 72.5 Å². The van der Waals surface area contributed by atoms with Gasteiger partial charge in [-0.05, 0) is 31.1 Å². The molecule has 20 heavy (non-hydrogen) atoms. The Bertz CT molecular complexity index is 435. The highest BCUT2D eigenvalue weighted by Gasteiger charge is 2.22. The molecule has 0 aliphatic carbocycles. The van der Waals surface area contributed by atoms with Crippen LogP contribution in [0.3, 0.4) is 0 Å². The number of hydrogen-bond donors (Lipinski definition) is 2. The zero-order valence-corrected chi connectivity index (χ0v) is 13.0. The first-order chi connectivity index (χ1) is 9.41. The summed E-state index contributed by atoms with van der Waals surface area (Å²) in [6.45, 7) is 5.89. The summed E-state index contributed by atoms with van der Waals surface area (Å²) < 4.78 is 4.84. The van der Waals surface area contributed by atoms with Gasteiger partial charge in [0.1, 0.15) is 6.23 Å². The van der Waals surface area contributed by atoms with Crippen LogP contribution < -0.4 is 5.73 Å². The molecular formula is C15H23NO3S. The zero-order chi connectivity index (χ0) is 15.1. The number of hydrogen-bond acceptors (Lipinski definition) is 5. The monoisotopic (exact) mass is 297 g/mol. The van der Waals surface area contributed by atoms with Gasteiger partial charge in [0.2, 0.25) is 0 Å². The minimum absolute atomic E-state index is 0.576. The Morgan fingerprint density at radius 2 is 2.00 bits per heavy atom. The highest BCUT2D eigenvalue weighted by Crippen LogP contribution is 2.29. The van der Waals surface area contributed by atoms with Crippen molar-refractivity contribution in [3.63, 3.8) is 0 Å². The van der Waals surface area contributed by atoms with Crippen LogP contribution in [0.4, 0.5) is 0 Å². The van der Waals surface area contributed by atoms with E-state index >= 15 is 0 Å². The third kappa shape index (κ3) is 5.53. The van der Waals surface area contributed by atoms with Gasteiger partial charge in [0, 0.05) is 10.5 Å². The van der Waals surface area contributed by atoms with Crippen molar-refractivity contribution in [2.24, 2.45) is 11.7 Å². The first kappa shape index (κ1) is 17.0. The molecular weight excluding hydrogens is 274 g/mol. The number of nitrogens with two attached hydrogens (primary N) is 1. The number of carbonyl (C=O) groups is 1. The number of aliphatic hydroxyl groups is 1. The molecule has 0 radical (unpaired) electrons. The number of carbonyl (C=O) groups excluding carboxylic acids is 1. The van der Waals surface area contributed by atoms with Crippen molar-refractivity contribution < 1.29 is 14.6 Å². The summed E-state index contributed by atoms with van der Waals surface area (Å²) in [5.41, 5.74) is 5.98. The van der Waals surface area contributed by atoms with E-state index in [1.54, 1.807) is 30.8 Å². The molecule has 2 atom stereocenters. The predicted molar refractivity (Wildman–Crippen MR) is 81.3 cm³/mol. The molecule has 0 amide bonds. The fourth-order valence-electron chi connectivity index (χ4n) is 1.62. The summed E-state index contributed by atoms with van der Waals surface area (Å²) in [7, 11) is 0. The van der Waals surface area contributed by atoms with Crippen molar-refractivity contribution >= 4 is 17.7 Å². The van der Waals surface area contributed by atoms with Crippen molar-refractivity contribution in [1.82, 2.24) is 0 Å². The number of benzene rings is 1. The maximum Gasteiger partial charge on any atom is 0.341 e. The first-order valence-corrected chi connectivity index (χ1v) is 7.76. The zero-order valence-electron chi connectivity index (χ0n) is 12.2. The predicted octanol–water partition coefficient (Wildman–Crippen LogP) is 2.71. The lowest BCUT2D eigenvalue weighted by atomic mass is 10.1. The van der Waals surface area contributed by atoms with Gasteiger partial charge in [-0.1, -0.05) is 32.0 Å². The van der Waals surface area contributed by atoms with Crippen molar-refractivity contribution in [2.75, 3.05) is 5.75 Å². The number of esters is 1. The molecule has 0 saturated carbocycles. The van der Waals surface area contributed by atoms with Gasteiger partial charge in [0.15, 0.2) is 6.10 Å². The van der Waals surface area contributed by atoms with Crippen LogP contribution in [0.15, 0.2) is 29.2 Å². The Kier molecular flexibility index (Phi) is 7.05. The average Bonchev–Trinajstić information content (AvgIpc) is 2.37. The molecule has 0 heterocycles. The van der Waals surface area contributed by atoms with Crippen LogP contribution in [0.25, 0.3) is 0 Å². The fourth-order valence-corrected chi connectivity index (χ4v) is 2.95. The maximum absolute atomic E-state index is 11.7. The van der Waals surface area contributed by atoms with Gasteiger partial charge in [-0.15, -0.1) is 11.8 Å². The van der Waals surface area contributed by atoms with Gasteiger partial charge < -0.3 is 9.84 Å². The number of rotatable bonds is 7. The van der Waals surface area contributed by atoms with Crippen molar-refractivity contribution in [3.8, 4) is 0 Å². The molecule has 1 unspecified atom stereocenters. The summed E-state index contributed by atoms with van der Waals surface area (Å²) in [6, 6.07) is 7.34. The summed E-state index contributed by atoms with van der Waals surface area (Å²) >= 11 is 1.64. The van der Waals surface area contributed by atoms with E-state index in [-0.39, 0.29) is 0 Å². The van der Waals surface area contributed by atoms with E-state index < -0.39 is 18.3 Å². The average molecular weight is 297 g/mol. The molecule has 0 bridgehead atoms. The number of thioether (sulfide) groups is 1. The van der Waals surface area contributed by atoms with Crippen molar-refractivity contribution in [3.05, 3.63) is 29.8 Å². The summed E-state index contributed by atoms with van der Waals surface area (Å²) in [6.07, 6.45) is -0.930. The molecule has 0 aliphatic heterocycles. The van der Waals surface area contributed by atoms with E-state index in [9.17, 15) is 9.90 Å². The minimum atomic E-state index is -1.29. The lowest BCUT2D eigenvalue weighted by Crippen LogP contribution is -2.27. The van der Waals surface area contributed by atoms with Crippen LogP contribution in [0.2, 0.25) is 0 Å². The molecule has 112 valence electrons. The lowest BCUT2D eigenvalue weighted by molar-refractivity contribution is -0.158. The molecule has 5 heteroatoms. The SMILES string of the molecule is CC(C)CCSc1ccccc1[C@@H](O)C(=O)OC(C)N. The maximum atomic E-state index is 11.7. The van der Waals surface area contributed by atoms with E-state index in [0.717, 1.165) is 17.1 Å². The van der Waals surface area contributed by atoms with Gasteiger partial charge in [0.25, 0.3) is 0 Å². The largest absolute Gasteiger partial charge is 0.445 e. The van der Waals surface area contributed by atoms with Crippen LogP contribution in [-0.2, 0) is 9.53 Å². The summed E-state index contributed by atoms with van der Waals surface area (Å²) in [5, 5.41) is 10.1. The van der Waals surface area contributed by atoms with Crippen LogP contribution in [0.1, 0.15) is 38.9 Å². The smallest absolute Gasteiger partial charge is 0.341 e. The Morgan fingerprint density at radius 1 is 1.35 bits per heavy atom. The van der Waals surface area contributed by atoms with Gasteiger partial charge in [0.05, 0.1) is 0 Å².